The Hall–Kier alpha value is -1.000. The van der Waals surface area contributed by atoms with Gasteiger partial charge in [-0.2, -0.15) is 0 Å². The lowest BCUT2D eigenvalue weighted by Crippen LogP contribution is -2.48. The van der Waals surface area contributed by atoms with Gasteiger partial charge in [0.2, 0.25) is 0 Å². The molecule has 28 heavy (non-hydrogen) atoms. The highest BCUT2D eigenvalue weighted by atomic mass is 127. The Bertz CT molecular complexity index is 673. The number of thiazole rings is 1. The molecule has 1 aromatic heterocycles. The van der Waals surface area contributed by atoms with Crippen molar-refractivity contribution in [1.29, 1.82) is 0 Å². The van der Waals surface area contributed by atoms with Crippen molar-refractivity contribution in [2.24, 2.45) is 4.99 Å². The van der Waals surface area contributed by atoms with Crippen LogP contribution in [0.3, 0.4) is 0 Å². The SMILES string of the molecule is CCNC(=NCCCSc1nccs1)NC1CCN(c2ccccc2)CC1.I. The molecule has 2 N–H and O–H groups in total. The molecule has 0 saturated carbocycles. The van der Waals surface area contributed by atoms with E-state index >= 15 is 0 Å². The summed E-state index contributed by atoms with van der Waals surface area (Å²) in [4.78, 5) is 11.5. The van der Waals surface area contributed by atoms with Crippen molar-refractivity contribution in [2.75, 3.05) is 36.8 Å². The zero-order valence-corrected chi connectivity index (χ0v) is 20.3. The minimum atomic E-state index is 0. The minimum Gasteiger partial charge on any atom is -0.371 e. The van der Waals surface area contributed by atoms with Gasteiger partial charge in [0, 0.05) is 55.2 Å². The molecule has 0 aliphatic carbocycles. The summed E-state index contributed by atoms with van der Waals surface area (Å²) in [5, 5.41) is 9.04. The van der Waals surface area contributed by atoms with Gasteiger partial charge in [-0.05, 0) is 38.3 Å². The van der Waals surface area contributed by atoms with Crippen LogP contribution in [-0.4, -0.2) is 48.9 Å². The maximum Gasteiger partial charge on any atom is 0.191 e. The lowest BCUT2D eigenvalue weighted by Gasteiger charge is -2.34. The third-order valence-corrected chi connectivity index (χ3v) is 6.56. The van der Waals surface area contributed by atoms with E-state index in [1.54, 1.807) is 11.3 Å². The fourth-order valence-corrected chi connectivity index (χ4v) is 4.76. The zero-order valence-electron chi connectivity index (χ0n) is 16.3. The molecule has 2 aromatic rings. The van der Waals surface area contributed by atoms with E-state index in [0.717, 1.165) is 61.5 Å². The number of anilines is 1. The summed E-state index contributed by atoms with van der Waals surface area (Å²) in [7, 11) is 0. The maximum absolute atomic E-state index is 4.75. The molecule has 0 spiro atoms. The van der Waals surface area contributed by atoms with Gasteiger partial charge in [-0.25, -0.2) is 4.98 Å². The van der Waals surface area contributed by atoms with Gasteiger partial charge in [0.15, 0.2) is 5.96 Å². The number of para-hydroxylation sites is 1. The Balaban J connectivity index is 0.00000280. The fourth-order valence-electron chi connectivity index (χ4n) is 3.13. The van der Waals surface area contributed by atoms with Gasteiger partial charge in [0.25, 0.3) is 0 Å². The molecule has 0 radical (unpaired) electrons. The average Bonchev–Trinajstić information content (AvgIpc) is 3.23. The number of rotatable bonds is 8. The van der Waals surface area contributed by atoms with Crippen LogP contribution in [0, 0.1) is 0 Å². The molecule has 1 fully saturated rings. The van der Waals surface area contributed by atoms with E-state index in [0.29, 0.717) is 6.04 Å². The molecule has 0 atom stereocenters. The van der Waals surface area contributed by atoms with Crippen molar-refractivity contribution < 1.29 is 0 Å². The number of hydrogen-bond acceptors (Lipinski definition) is 5. The first-order valence-corrected chi connectivity index (χ1v) is 11.6. The maximum atomic E-state index is 4.75. The summed E-state index contributed by atoms with van der Waals surface area (Å²) in [5.41, 5.74) is 1.33. The second-order valence-electron chi connectivity index (χ2n) is 6.50. The van der Waals surface area contributed by atoms with Crippen molar-refractivity contribution in [3.63, 3.8) is 0 Å². The third-order valence-electron chi connectivity index (χ3n) is 4.51. The molecule has 1 aliphatic rings. The first-order valence-electron chi connectivity index (χ1n) is 9.72. The molecule has 0 bridgehead atoms. The third kappa shape index (κ3) is 7.79. The van der Waals surface area contributed by atoms with E-state index < -0.39 is 0 Å². The predicted molar refractivity (Wildman–Crippen MR) is 134 cm³/mol. The number of piperidine rings is 1. The number of aliphatic imine (C=N–C) groups is 1. The number of thioether (sulfide) groups is 1. The second-order valence-corrected chi connectivity index (χ2v) is 8.74. The van der Waals surface area contributed by atoms with Crippen molar-refractivity contribution in [2.45, 2.75) is 36.6 Å². The van der Waals surface area contributed by atoms with E-state index in [-0.39, 0.29) is 24.0 Å². The fraction of sp³-hybridized carbons (Fsp3) is 0.500. The first kappa shape index (κ1) is 23.3. The summed E-state index contributed by atoms with van der Waals surface area (Å²) in [6.45, 7) is 6.03. The highest BCUT2D eigenvalue weighted by molar-refractivity contribution is 14.0. The quantitative estimate of drug-likeness (QED) is 0.173. The number of benzene rings is 1. The molecular weight excluding hydrogens is 501 g/mol. The van der Waals surface area contributed by atoms with Crippen molar-refractivity contribution in [3.05, 3.63) is 41.9 Å². The van der Waals surface area contributed by atoms with Crippen molar-refractivity contribution in [1.82, 2.24) is 15.6 Å². The average molecular weight is 532 g/mol. The van der Waals surface area contributed by atoms with Gasteiger partial charge in [-0.15, -0.1) is 35.3 Å². The van der Waals surface area contributed by atoms with E-state index in [4.69, 9.17) is 4.99 Å². The van der Waals surface area contributed by atoms with Gasteiger partial charge < -0.3 is 15.5 Å². The highest BCUT2D eigenvalue weighted by Gasteiger charge is 2.20. The number of aromatic nitrogens is 1. The van der Waals surface area contributed by atoms with Crippen LogP contribution in [0.25, 0.3) is 0 Å². The van der Waals surface area contributed by atoms with Crippen molar-refractivity contribution in [3.8, 4) is 0 Å². The van der Waals surface area contributed by atoms with Gasteiger partial charge >= 0.3 is 0 Å². The topological polar surface area (TPSA) is 52.6 Å². The van der Waals surface area contributed by atoms with E-state index in [2.05, 4.69) is 57.8 Å². The van der Waals surface area contributed by atoms with Crippen molar-refractivity contribution >= 4 is 58.7 Å². The molecule has 154 valence electrons. The second kappa shape index (κ2) is 13.3. The molecule has 0 unspecified atom stereocenters. The molecule has 0 amide bonds. The zero-order chi connectivity index (χ0) is 18.7. The molecule has 1 aromatic carbocycles. The normalized spacial score (nSPS) is 15.2. The Labute approximate surface area is 193 Å². The molecule has 5 nitrogen and oxygen atoms in total. The summed E-state index contributed by atoms with van der Waals surface area (Å²) in [5.74, 6) is 2.02. The Morgan fingerprint density at radius 2 is 2.07 bits per heavy atom. The predicted octanol–water partition coefficient (Wildman–Crippen LogP) is 4.47. The van der Waals surface area contributed by atoms with Crippen LogP contribution in [0.15, 0.2) is 51.2 Å². The Morgan fingerprint density at radius 3 is 2.75 bits per heavy atom. The first-order chi connectivity index (χ1) is 13.3. The van der Waals surface area contributed by atoms with Crippen LogP contribution in [0.1, 0.15) is 26.2 Å². The van der Waals surface area contributed by atoms with E-state index in [9.17, 15) is 0 Å². The lowest BCUT2D eigenvalue weighted by molar-refractivity contribution is 0.461. The Kier molecular flexibility index (Phi) is 11.0. The van der Waals surface area contributed by atoms with Crippen LogP contribution < -0.4 is 15.5 Å². The van der Waals surface area contributed by atoms with Gasteiger partial charge in [-0.3, -0.25) is 4.99 Å². The van der Waals surface area contributed by atoms with Gasteiger partial charge in [0.05, 0.1) is 0 Å². The number of guanidine groups is 1. The largest absolute Gasteiger partial charge is 0.371 e. The number of hydrogen-bond donors (Lipinski definition) is 2. The molecule has 1 aliphatic heterocycles. The molecule has 3 rings (SSSR count). The summed E-state index contributed by atoms with van der Waals surface area (Å²) in [6.07, 6.45) is 5.20. The van der Waals surface area contributed by atoms with Crippen LogP contribution in [0.5, 0.6) is 0 Å². The van der Waals surface area contributed by atoms with Crippen LogP contribution in [0.4, 0.5) is 5.69 Å². The van der Waals surface area contributed by atoms with Gasteiger partial charge in [-0.1, -0.05) is 30.0 Å². The molecular formula is C20H30IN5S2. The van der Waals surface area contributed by atoms with Gasteiger partial charge in [0.1, 0.15) is 4.34 Å². The lowest BCUT2D eigenvalue weighted by atomic mass is 10.0. The Morgan fingerprint density at radius 1 is 1.29 bits per heavy atom. The van der Waals surface area contributed by atoms with Crippen LogP contribution in [-0.2, 0) is 0 Å². The highest BCUT2D eigenvalue weighted by Crippen LogP contribution is 2.21. The summed E-state index contributed by atoms with van der Waals surface area (Å²) >= 11 is 3.52. The standard InChI is InChI=1S/C20H29N5S2.HI/c1-2-21-19(22-11-6-15-26-20-23-12-16-27-20)24-17-9-13-25(14-10-17)18-7-4-3-5-8-18;/h3-5,7-8,12,16-17H,2,6,9-11,13-15H2,1H3,(H2,21,22,24);1H. The molecule has 8 heteroatoms. The summed E-state index contributed by atoms with van der Waals surface area (Å²) < 4.78 is 1.15. The minimum absolute atomic E-state index is 0. The van der Waals surface area contributed by atoms with Crippen LogP contribution >= 0.6 is 47.1 Å². The smallest absolute Gasteiger partial charge is 0.191 e. The number of nitrogens with one attached hydrogen (secondary N) is 2. The van der Waals surface area contributed by atoms with E-state index in [1.165, 1.54) is 5.69 Å². The summed E-state index contributed by atoms with van der Waals surface area (Å²) in [6, 6.07) is 11.2. The molecule has 1 saturated heterocycles. The number of halogens is 1. The number of nitrogens with zero attached hydrogens (tertiary/aromatic N) is 3. The molecule has 2 heterocycles. The van der Waals surface area contributed by atoms with E-state index in [1.807, 2.05) is 23.3 Å². The monoisotopic (exact) mass is 531 g/mol. The van der Waals surface area contributed by atoms with Crippen LogP contribution in [0.2, 0.25) is 0 Å².